The first kappa shape index (κ1) is 13.3. The van der Waals surface area contributed by atoms with Gasteiger partial charge in [-0.1, -0.05) is 13.3 Å². The average Bonchev–Trinajstić information content (AvgIpc) is 2.87. The summed E-state index contributed by atoms with van der Waals surface area (Å²) in [5.41, 5.74) is 2.39. The Kier molecular flexibility index (Phi) is 4.59. The maximum Gasteiger partial charge on any atom is 0.0571 e. The third kappa shape index (κ3) is 3.02. The lowest BCUT2D eigenvalue weighted by Crippen LogP contribution is -2.20. The topological polar surface area (TPSA) is 28.2 Å². The first-order chi connectivity index (χ1) is 8.74. The largest absolute Gasteiger partial charge is 0.370 e. The maximum atomic E-state index is 4.56. The van der Waals surface area contributed by atoms with Crippen LogP contribution in [0.4, 0.5) is 5.69 Å². The minimum absolute atomic E-state index is 0.325. The molecule has 2 heterocycles. The van der Waals surface area contributed by atoms with Crippen molar-refractivity contribution in [1.29, 1.82) is 0 Å². The molecule has 1 aromatic heterocycles. The van der Waals surface area contributed by atoms with Crippen LogP contribution in [0.2, 0.25) is 0 Å². The van der Waals surface area contributed by atoms with Gasteiger partial charge in [-0.15, -0.1) is 0 Å². The number of nitrogens with zero attached hydrogens (tertiary/aromatic N) is 2. The number of nitrogens with one attached hydrogen (secondary N) is 1. The van der Waals surface area contributed by atoms with Crippen LogP contribution in [0.25, 0.3) is 0 Å². The number of hydrogen-bond acceptors (Lipinski definition) is 3. The van der Waals surface area contributed by atoms with Gasteiger partial charge in [-0.25, -0.2) is 0 Å². The van der Waals surface area contributed by atoms with Crippen molar-refractivity contribution < 1.29 is 0 Å². The highest BCUT2D eigenvalue weighted by Gasteiger charge is 2.22. The van der Waals surface area contributed by atoms with Crippen LogP contribution in [0.1, 0.15) is 44.8 Å². The molecule has 1 N–H and O–H groups in total. The van der Waals surface area contributed by atoms with Crippen LogP contribution < -0.4 is 10.2 Å². The van der Waals surface area contributed by atoms with Crippen molar-refractivity contribution in [1.82, 2.24) is 10.3 Å². The molecule has 0 radical (unpaired) electrons. The molecule has 3 heteroatoms. The molecule has 2 unspecified atom stereocenters. The first-order valence-electron chi connectivity index (χ1n) is 7.12. The van der Waals surface area contributed by atoms with Crippen LogP contribution in [-0.4, -0.2) is 25.1 Å². The second-order valence-electron chi connectivity index (χ2n) is 5.34. The Morgan fingerprint density at radius 1 is 1.50 bits per heavy atom. The van der Waals surface area contributed by atoms with Crippen LogP contribution in [0.15, 0.2) is 18.3 Å². The number of aromatic nitrogens is 1. The third-order valence-electron chi connectivity index (χ3n) is 4.00. The second-order valence-corrected chi connectivity index (χ2v) is 5.34. The Hall–Kier alpha value is -1.09. The van der Waals surface area contributed by atoms with Crippen molar-refractivity contribution in [2.45, 2.75) is 39.2 Å². The minimum atomic E-state index is 0.325. The fourth-order valence-electron chi connectivity index (χ4n) is 2.70. The standard InChI is InChI=1S/C15H25N3/c1-4-5-13-8-9-18(11-13)14-6-7-15(17-10-14)12(2)16-3/h6-7,10,12-13,16H,4-5,8-9,11H2,1-3H3. The summed E-state index contributed by atoms with van der Waals surface area (Å²) in [6, 6.07) is 4.68. The van der Waals surface area contributed by atoms with E-state index < -0.39 is 0 Å². The maximum absolute atomic E-state index is 4.56. The first-order valence-corrected chi connectivity index (χ1v) is 7.12. The predicted octanol–water partition coefficient (Wildman–Crippen LogP) is 2.99. The molecule has 2 atom stereocenters. The molecule has 1 aliphatic rings. The Morgan fingerprint density at radius 2 is 2.33 bits per heavy atom. The molecule has 0 saturated carbocycles. The highest BCUT2D eigenvalue weighted by atomic mass is 15.2. The highest BCUT2D eigenvalue weighted by Crippen LogP contribution is 2.26. The van der Waals surface area contributed by atoms with Crippen LogP contribution in [0, 0.1) is 5.92 Å². The van der Waals surface area contributed by atoms with Gasteiger partial charge in [0.05, 0.1) is 17.6 Å². The zero-order valence-corrected chi connectivity index (χ0v) is 11.8. The van der Waals surface area contributed by atoms with Gasteiger partial charge in [0.25, 0.3) is 0 Å². The summed E-state index contributed by atoms with van der Waals surface area (Å²) in [7, 11) is 1.97. The summed E-state index contributed by atoms with van der Waals surface area (Å²) in [6.07, 6.45) is 6.02. The van der Waals surface area contributed by atoms with Crippen LogP contribution in [0.5, 0.6) is 0 Å². The summed E-state index contributed by atoms with van der Waals surface area (Å²) < 4.78 is 0. The van der Waals surface area contributed by atoms with Crippen LogP contribution >= 0.6 is 0 Å². The Bertz CT molecular complexity index is 361. The van der Waals surface area contributed by atoms with Gasteiger partial charge in [0.1, 0.15) is 0 Å². The quantitative estimate of drug-likeness (QED) is 0.867. The van der Waals surface area contributed by atoms with E-state index in [9.17, 15) is 0 Å². The molecule has 1 saturated heterocycles. The molecule has 0 aromatic carbocycles. The molecule has 1 aromatic rings. The van der Waals surface area contributed by atoms with Gasteiger partial charge in [0.2, 0.25) is 0 Å². The number of anilines is 1. The number of pyridine rings is 1. The van der Waals surface area contributed by atoms with Crippen molar-refractivity contribution in [3.63, 3.8) is 0 Å². The van der Waals surface area contributed by atoms with Crippen molar-refractivity contribution in [3.05, 3.63) is 24.0 Å². The van der Waals surface area contributed by atoms with E-state index in [2.05, 4.69) is 41.2 Å². The molecule has 0 spiro atoms. The Balaban J connectivity index is 1.98. The van der Waals surface area contributed by atoms with Crippen molar-refractivity contribution >= 4 is 5.69 Å². The summed E-state index contributed by atoms with van der Waals surface area (Å²) >= 11 is 0. The van der Waals surface area contributed by atoms with Gasteiger partial charge >= 0.3 is 0 Å². The molecular formula is C15H25N3. The summed E-state index contributed by atoms with van der Waals surface area (Å²) in [5, 5.41) is 3.22. The average molecular weight is 247 g/mol. The van der Waals surface area contributed by atoms with Gasteiger partial charge < -0.3 is 10.2 Å². The SMILES string of the molecule is CCCC1CCN(c2ccc(C(C)NC)nc2)C1. The zero-order chi connectivity index (χ0) is 13.0. The van der Waals surface area contributed by atoms with Crippen LogP contribution in [-0.2, 0) is 0 Å². The monoisotopic (exact) mass is 247 g/mol. The fraction of sp³-hybridized carbons (Fsp3) is 0.667. The lowest BCUT2D eigenvalue weighted by Gasteiger charge is -2.19. The van der Waals surface area contributed by atoms with E-state index in [1.165, 1.54) is 38.0 Å². The third-order valence-corrected chi connectivity index (χ3v) is 4.00. The van der Waals surface area contributed by atoms with Crippen molar-refractivity contribution in [3.8, 4) is 0 Å². The van der Waals surface area contributed by atoms with E-state index in [1.807, 2.05) is 13.2 Å². The lowest BCUT2D eigenvalue weighted by atomic mass is 10.0. The summed E-state index contributed by atoms with van der Waals surface area (Å²) in [4.78, 5) is 7.03. The van der Waals surface area contributed by atoms with E-state index >= 15 is 0 Å². The molecule has 1 aliphatic heterocycles. The lowest BCUT2D eigenvalue weighted by molar-refractivity contribution is 0.530. The Morgan fingerprint density at radius 3 is 2.94 bits per heavy atom. The van der Waals surface area contributed by atoms with Gasteiger partial charge in [-0.3, -0.25) is 4.98 Å². The van der Waals surface area contributed by atoms with E-state index in [1.54, 1.807) is 0 Å². The molecular weight excluding hydrogens is 222 g/mol. The van der Waals surface area contributed by atoms with E-state index in [0.717, 1.165) is 11.6 Å². The molecule has 18 heavy (non-hydrogen) atoms. The van der Waals surface area contributed by atoms with Crippen LogP contribution in [0.3, 0.4) is 0 Å². The zero-order valence-electron chi connectivity index (χ0n) is 11.8. The van der Waals surface area contributed by atoms with Gasteiger partial charge in [-0.05, 0) is 44.9 Å². The minimum Gasteiger partial charge on any atom is -0.370 e. The van der Waals surface area contributed by atoms with E-state index in [0.29, 0.717) is 6.04 Å². The predicted molar refractivity (Wildman–Crippen MR) is 76.9 cm³/mol. The molecule has 0 bridgehead atoms. The summed E-state index contributed by atoms with van der Waals surface area (Å²) in [6.45, 7) is 6.80. The van der Waals surface area contributed by atoms with Gasteiger partial charge in [0.15, 0.2) is 0 Å². The van der Waals surface area contributed by atoms with Gasteiger partial charge in [0, 0.05) is 19.1 Å². The summed E-state index contributed by atoms with van der Waals surface area (Å²) in [5.74, 6) is 0.880. The van der Waals surface area contributed by atoms with Crippen molar-refractivity contribution in [2.75, 3.05) is 25.0 Å². The molecule has 3 nitrogen and oxygen atoms in total. The number of rotatable bonds is 5. The fourth-order valence-corrected chi connectivity index (χ4v) is 2.70. The second kappa shape index (κ2) is 6.19. The van der Waals surface area contributed by atoms with E-state index in [4.69, 9.17) is 0 Å². The van der Waals surface area contributed by atoms with Crippen molar-refractivity contribution in [2.24, 2.45) is 5.92 Å². The highest BCUT2D eigenvalue weighted by molar-refractivity contribution is 5.45. The number of hydrogen-bond donors (Lipinski definition) is 1. The molecule has 1 fully saturated rings. The van der Waals surface area contributed by atoms with Gasteiger partial charge in [-0.2, -0.15) is 0 Å². The normalized spacial score (nSPS) is 21.3. The molecule has 0 aliphatic carbocycles. The Labute approximate surface area is 111 Å². The smallest absolute Gasteiger partial charge is 0.0571 e. The molecule has 100 valence electrons. The van der Waals surface area contributed by atoms with E-state index in [-0.39, 0.29) is 0 Å². The molecule has 2 rings (SSSR count). The molecule has 0 amide bonds.